The number of hydrogen-bond acceptors (Lipinski definition) is 5. The molecule has 0 saturated carbocycles. The fourth-order valence-electron chi connectivity index (χ4n) is 4.00. The number of nitrogens with one attached hydrogen (secondary N) is 2. The normalized spacial score (nSPS) is 11.3. The number of esters is 1. The third kappa shape index (κ3) is 12.3. The first-order chi connectivity index (χ1) is 17.6. The topological polar surface area (TPSA) is 87.7 Å². The van der Waals surface area contributed by atoms with Gasteiger partial charge < -0.3 is 15.0 Å². The van der Waals surface area contributed by atoms with Crippen LogP contribution in [0.4, 0.5) is 9.80 Å². The first-order valence-corrected chi connectivity index (χ1v) is 15.1. The smallest absolute Gasteiger partial charge is 0.341 e. The Morgan fingerprint density at radius 1 is 0.838 bits per heavy atom. The van der Waals surface area contributed by atoms with Gasteiger partial charge in [0.1, 0.15) is 10.6 Å². The Balaban J connectivity index is 3.08. The van der Waals surface area contributed by atoms with E-state index in [-0.39, 0.29) is 17.5 Å². The minimum atomic E-state index is -0.694. The van der Waals surface area contributed by atoms with Gasteiger partial charge in [-0.25, -0.2) is 9.59 Å². The molecular formula is C29H51N3O4S. The number of carbonyl (C=O) groups excluding carboxylic acids is 3. The number of hydrogen-bond donors (Lipinski definition) is 2. The predicted molar refractivity (Wildman–Crippen MR) is 155 cm³/mol. The summed E-state index contributed by atoms with van der Waals surface area (Å²) in [4.78, 5) is 41.8. The van der Waals surface area contributed by atoms with Gasteiger partial charge in [-0.05, 0) is 52.5 Å². The Morgan fingerprint density at radius 2 is 1.41 bits per heavy atom. The monoisotopic (exact) mass is 537 g/mol. The van der Waals surface area contributed by atoms with Crippen LogP contribution in [0.3, 0.4) is 0 Å². The molecule has 0 fully saturated rings. The van der Waals surface area contributed by atoms with E-state index in [1.165, 1.54) is 37.0 Å². The second kappa shape index (κ2) is 17.4. The zero-order chi connectivity index (χ0) is 27.8. The number of rotatable bonds is 17. The Morgan fingerprint density at radius 3 is 2.03 bits per heavy atom. The van der Waals surface area contributed by atoms with Gasteiger partial charge in [-0.1, -0.05) is 72.1 Å². The lowest BCUT2D eigenvalue weighted by molar-refractivity contribution is 0.00705. The van der Waals surface area contributed by atoms with Crippen molar-refractivity contribution in [1.29, 1.82) is 0 Å². The van der Waals surface area contributed by atoms with Gasteiger partial charge in [0, 0.05) is 19.6 Å². The summed E-state index contributed by atoms with van der Waals surface area (Å²) in [6.45, 7) is 15.6. The predicted octanol–water partition coefficient (Wildman–Crippen LogP) is 7.93. The molecule has 3 amide bonds. The van der Waals surface area contributed by atoms with E-state index in [9.17, 15) is 14.4 Å². The van der Waals surface area contributed by atoms with Crippen molar-refractivity contribution in [2.45, 2.75) is 125 Å². The molecule has 212 valence electrons. The quantitative estimate of drug-likeness (QED) is 0.156. The molecule has 0 radical (unpaired) electrons. The number of urea groups is 1. The average Bonchev–Trinajstić information content (AvgIpc) is 3.14. The summed E-state index contributed by atoms with van der Waals surface area (Å²) >= 11 is 1.17. The number of unbranched alkanes of at least 4 members (excludes halogenated alkanes) is 8. The van der Waals surface area contributed by atoms with Gasteiger partial charge in [-0.2, -0.15) is 0 Å². The summed E-state index contributed by atoms with van der Waals surface area (Å²) in [5.41, 5.74) is 0.134. The van der Waals surface area contributed by atoms with Crippen molar-refractivity contribution in [3.8, 4) is 0 Å². The number of anilines is 1. The molecule has 2 N–H and O–H groups in total. The molecule has 37 heavy (non-hydrogen) atoms. The van der Waals surface area contributed by atoms with Crippen LogP contribution in [0.2, 0.25) is 0 Å². The van der Waals surface area contributed by atoms with Crippen molar-refractivity contribution < 1.29 is 19.1 Å². The molecule has 0 saturated heterocycles. The van der Waals surface area contributed by atoms with Crippen molar-refractivity contribution in [3.05, 3.63) is 16.0 Å². The molecule has 7 nitrogen and oxygen atoms in total. The Kier molecular flexibility index (Phi) is 15.5. The lowest BCUT2D eigenvalue weighted by Crippen LogP contribution is -2.33. The zero-order valence-electron chi connectivity index (χ0n) is 24.4. The van der Waals surface area contributed by atoms with Crippen molar-refractivity contribution in [3.63, 3.8) is 0 Å². The van der Waals surface area contributed by atoms with Crippen LogP contribution >= 0.6 is 11.3 Å². The van der Waals surface area contributed by atoms with E-state index < -0.39 is 11.6 Å². The molecule has 0 aliphatic carbocycles. The fourth-order valence-corrected chi connectivity index (χ4v) is 5.15. The van der Waals surface area contributed by atoms with E-state index in [2.05, 4.69) is 31.4 Å². The molecule has 1 rings (SSSR count). The third-order valence-electron chi connectivity index (χ3n) is 6.09. The minimum absolute atomic E-state index is 0.0857. The van der Waals surface area contributed by atoms with Crippen LogP contribution in [0.15, 0.2) is 0 Å². The molecule has 0 unspecified atom stereocenters. The SMILES string of the molecule is CCCCCCCCNC(=O)Nc1sc(C(=O)N(CCCC)CCCCC)c(C)c1C(=O)OC(C)(C)C. The first-order valence-electron chi connectivity index (χ1n) is 14.3. The molecule has 0 atom stereocenters. The minimum Gasteiger partial charge on any atom is -0.456 e. The third-order valence-corrected chi connectivity index (χ3v) is 7.28. The first kappa shape index (κ1) is 32.9. The van der Waals surface area contributed by atoms with E-state index in [1.54, 1.807) is 27.7 Å². The molecule has 0 aromatic carbocycles. The van der Waals surface area contributed by atoms with Crippen LogP contribution in [0.1, 0.15) is 138 Å². The summed E-state index contributed by atoms with van der Waals surface area (Å²) in [5.74, 6) is -0.616. The van der Waals surface area contributed by atoms with Crippen LogP contribution in [0.25, 0.3) is 0 Å². The van der Waals surface area contributed by atoms with Gasteiger partial charge in [0.05, 0.1) is 10.4 Å². The van der Waals surface area contributed by atoms with Crippen molar-refractivity contribution in [2.75, 3.05) is 25.0 Å². The van der Waals surface area contributed by atoms with Crippen LogP contribution < -0.4 is 10.6 Å². The van der Waals surface area contributed by atoms with Gasteiger partial charge in [0.15, 0.2) is 0 Å². The Bertz CT molecular complexity index is 845. The lowest BCUT2D eigenvalue weighted by Gasteiger charge is -2.22. The molecular weight excluding hydrogens is 486 g/mol. The highest BCUT2D eigenvalue weighted by atomic mass is 32.1. The maximum absolute atomic E-state index is 13.6. The molecule has 1 aromatic heterocycles. The zero-order valence-corrected chi connectivity index (χ0v) is 25.2. The van der Waals surface area contributed by atoms with Crippen LogP contribution in [-0.4, -0.2) is 48.0 Å². The summed E-state index contributed by atoms with van der Waals surface area (Å²) in [6.07, 6.45) is 11.8. The summed E-state index contributed by atoms with van der Waals surface area (Å²) < 4.78 is 5.64. The van der Waals surface area contributed by atoms with E-state index >= 15 is 0 Å². The molecule has 0 aliphatic heterocycles. The number of carbonyl (C=O) groups is 3. The average molecular weight is 538 g/mol. The molecule has 0 bridgehead atoms. The van der Waals surface area contributed by atoms with E-state index in [0.717, 1.165) is 44.9 Å². The van der Waals surface area contributed by atoms with E-state index in [0.29, 0.717) is 35.1 Å². The molecule has 8 heteroatoms. The molecule has 0 spiro atoms. The largest absolute Gasteiger partial charge is 0.456 e. The number of thiophene rings is 1. The maximum Gasteiger partial charge on any atom is 0.341 e. The van der Waals surface area contributed by atoms with Crippen LogP contribution in [0, 0.1) is 6.92 Å². The van der Waals surface area contributed by atoms with Gasteiger partial charge in [0.2, 0.25) is 0 Å². The highest BCUT2D eigenvalue weighted by Crippen LogP contribution is 2.35. The Labute approximate surface area is 229 Å². The van der Waals surface area contributed by atoms with Crippen molar-refractivity contribution >= 4 is 34.2 Å². The summed E-state index contributed by atoms with van der Waals surface area (Å²) in [6, 6.07) is -0.371. The second-order valence-electron chi connectivity index (χ2n) is 10.8. The van der Waals surface area contributed by atoms with E-state index in [4.69, 9.17) is 4.74 Å². The van der Waals surface area contributed by atoms with E-state index in [1.807, 2.05) is 4.90 Å². The second-order valence-corrected chi connectivity index (χ2v) is 11.8. The molecule has 1 heterocycles. The highest BCUT2D eigenvalue weighted by molar-refractivity contribution is 7.18. The van der Waals surface area contributed by atoms with Crippen molar-refractivity contribution in [2.24, 2.45) is 0 Å². The molecule has 0 aliphatic rings. The number of ether oxygens (including phenoxy) is 1. The Hall–Kier alpha value is -2.09. The summed E-state index contributed by atoms with van der Waals surface area (Å²) in [7, 11) is 0. The van der Waals surface area contributed by atoms with Gasteiger partial charge >= 0.3 is 12.0 Å². The maximum atomic E-state index is 13.6. The number of amides is 3. The van der Waals surface area contributed by atoms with Gasteiger partial charge in [-0.15, -0.1) is 11.3 Å². The van der Waals surface area contributed by atoms with Gasteiger partial charge in [0.25, 0.3) is 5.91 Å². The van der Waals surface area contributed by atoms with Gasteiger partial charge in [-0.3, -0.25) is 10.1 Å². The lowest BCUT2D eigenvalue weighted by atomic mass is 10.1. The van der Waals surface area contributed by atoms with Crippen LogP contribution in [0.5, 0.6) is 0 Å². The van der Waals surface area contributed by atoms with Crippen LogP contribution in [-0.2, 0) is 4.74 Å². The number of nitrogens with zero attached hydrogens (tertiary/aromatic N) is 1. The van der Waals surface area contributed by atoms with Crippen molar-refractivity contribution in [1.82, 2.24) is 10.2 Å². The molecule has 1 aromatic rings. The fraction of sp³-hybridized carbons (Fsp3) is 0.759. The standard InChI is InChI=1S/C29H51N3O4S/c1-8-11-14-15-16-17-19-30-28(35)31-25-23(27(34)36-29(5,6)7)22(4)24(37-25)26(33)32(20-13-10-3)21-18-12-9-2/h8-21H2,1-7H3,(H2,30,31,35). The highest BCUT2D eigenvalue weighted by Gasteiger charge is 2.30. The summed E-state index contributed by atoms with van der Waals surface area (Å²) in [5, 5.41) is 6.09.